The minimum atomic E-state index is 0.729. The fraction of sp³-hybridized carbons (Fsp3) is 0.600. The van der Waals surface area contributed by atoms with Crippen molar-refractivity contribution in [2.24, 2.45) is 4.99 Å². The summed E-state index contributed by atoms with van der Waals surface area (Å²) in [6.45, 7) is 2.25. The van der Waals surface area contributed by atoms with Gasteiger partial charge in [0.05, 0.1) is 16.9 Å². The van der Waals surface area contributed by atoms with Crippen LogP contribution in [0.25, 0.3) is 0 Å². The molecule has 0 radical (unpaired) electrons. The zero-order valence-corrected chi connectivity index (χ0v) is 13.0. The standard InChI is InChI=1S/C15H25N3OS/c1-2-3-4-5-6-7-8-11-20-15-10-9-14(12-16-15)17-13-18-19/h9-10,12-13,19H,2-8,11H2,1H3,(H,17,18). The number of aliphatic imine (C=N–C) groups is 1. The van der Waals surface area contributed by atoms with E-state index in [0.29, 0.717) is 0 Å². The Hall–Kier alpha value is -1.07. The van der Waals surface area contributed by atoms with Crippen LogP contribution >= 0.6 is 11.8 Å². The number of rotatable bonds is 11. The Morgan fingerprint density at radius 3 is 2.60 bits per heavy atom. The zero-order valence-electron chi connectivity index (χ0n) is 12.2. The van der Waals surface area contributed by atoms with E-state index in [1.54, 1.807) is 18.0 Å². The van der Waals surface area contributed by atoms with Crippen molar-refractivity contribution in [1.29, 1.82) is 0 Å². The van der Waals surface area contributed by atoms with Gasteiger partial charge in [-0.3, -0.25) is 10.7 Å². The topological polar surface area (TPSA) is 57.5 Å². The first kappa shape index (κ1) is 17.0. The summed E-state index contributed by atoms with van der Waals surface area (Å²) in [7, 11) is 0. The molecule has 0 atom stereocenters. The number of nitrogens with one attached hydrogen (secondary N) is 1. The molecule has 0 fully saturated rings. The van der Waals surface area contributed by atoms with Crippen molar-refractivity contribution in [1.82, 2.24) is 10.5 Å². The monoisotopic (exact) mass is 295 g/mol. The van der Waals surface area contributed by atoms with Gasteiger partial charge in [-0.2, -0.15) is 0 Å². The summed E-state index contributed by atoms with van der Waals surface area (Å²) in [6, 6.07) is 3.86. The molecular formula is C15H25N3OS. The average molecular weight is 295 g/mol. The summed E-state index contributed by atoms with van der Waals surface area (Å²) in [6.07, 6.45) is 12.3. The van der Waals surface area contributed by atoms with E-state index in [-0.39, 0.29) is 0 Å². The minimum absolute atomic E-state index is 0.729. The second kappa shape index (κ2) is 11.7. The van der Waals surface area contributed by atoms with Crippen LogP contribution in [0.3, 0.4) is 0 Å². The third kappa shape index (κ3) is 8.17. The quantitative estimate of drug-likeness (QED) is 0.206. The second-order valence-corrected chi connectivity index (χ2v) is 5.83. The van der Waals surface area contributed by atoms with E-state index in [9.17, 15) is 0 Å². The molecule has 0 aliphatic heterocycles. The summed E-state index contributed by atoms with van der Waals surface area (Å²) in [5, 5.41) is 9.43. The summed E-state index contributed by atoms with van der Waals surface area (Å²) in [5.74, 6) is 1.13. The molecule has 4 nitrogen and oxygen atoms in total. The number of nitrogens with zero attached hydrogens (tertiary/aromatic N) is 2. The highest BCUT2D eigenvalue weighted by atomic mass is 32.2. The fourth-order valence-electron chi connectivity index (χ4n) is 1.87. The first-order chi connectivity index (χ1) is 9.86. The Kier molecular flexibility index (Phi) is 9.96. The fourth-order valence-corrected chi connectivity index (χ4v) is 2.72. The number of thioether (sulfide) groups is 1. The minimum Gasteiger partial charge on any atom is -0.290 e. The number of aromatic nitrogens is 1. The van der Waals surface area contributed by atoms with E-state index in [1.165, 1.54) is 51.3 Å². The van der Waals surface area contributed by atoms with Crippen LogP contribution in [0, 0.1) is 0 Å². The molecule has 0 unspecified atom stereocenters. The van der Waals surface area contributed by atoms with Gasteiger partial charge in [0.2, 0.25) is 0 Å². The molecule has 2 N–H and O–H groups in total. The Balaban J connectivity index is 2.08. The lowest BCUT2D eigenvalue weighted by Gasteiger charge is -2.02. The molecule has 0 spiro atoms. The molecule has 0 aliphatic carbocycles. The number of hydrogen-bond acceptors (Lipinski definition) is 4. The van der Waals surface area contributed by atoms with Crippen molar-refractivity contribution < 1.29 is 5.21 Å². The van der Waals surface area contributed by atoms with Gasteiger partial charge in [-0.05, 0) is 24.3 Å². The molecule has 5 heteroatoms. The van der Waals surface area contributed by atoms with Crippen LogP contribution in [0.5, 0.6) is 0 Å². The Bertz CT molecular complexity index is 368. The highest BCUT2D eigenvalue weighted by Crippen LogP contribution is 2.20. The van der Waals surface area contributed by atoms with Crippen LogP contribution in [0.15, 0.2) is 28.3 Å². The maximum Gasteiger partial charge on any atom is 0.113 e. The van der Waals surface area contributed by atoms with Gasteiger partial charge in [0.15, 0.2) is 0 Å². The summed E-state index contributed by atoms with van der Waals surface area (Å²) in [5.41, 5.74) is 2.60. The smallest absolute Gasteiger partial charge is 0.113 e. The summed E-state index contributed by atoms with van der Waals surface area (Å²) < 4.78 is 0. The van der Waals surface area contributed by atoms with Gasteiger partial charge in [0.1, 0.15) is 6.34 Å². The maximum absolute atomic E-state index is 8.39. The molecule has 0 saturated heterocycles. The lowest BCUT2D eigenvalue weighted by atomic mass is 10.1. The van der Waals surface area contributed by atoms with Crippen molar-refractivity contribution in [2.45, 2.75) is 56.9 Å². The van der Waals surface area contributed by atoms with Crippen molar-refractivity contribution >= 4 is 23.8 Å². The molecule has 0 aliphatic rings. The molecule has 0 aromatic carbocycles. The van der Waals surface area contributed by atoms with Gasteiger partial charge < -0.3 is 0 Å². The van der Waals surface area contributed by atoms with E-state index in [2.05, 4.69) is 16.9 Å². The van der Waals surface area contributed by atoms with E-state index in [1.807, 2.05) is 17.6 Å². The Morgan fingerprint density at radius 1 is 1.20 bits per heavy atom. The first-order valence-corrected chi connectivity index (χ1v) is 8.36. The predicted molar refractivity (Wildman–Crippen MR) is 86.0 cm³/mol. The molecule has 20 heavy (non-hydrogen) atoms. The predicted octanol–water partition coefficient (Wildman–Crippen LogP) is 4.56. The lowest BCUT2D eigenvalue weighted by molar-refractivity contribution is 0.240. The molecular weight excluding hydrogens is 270 g/mol. The van der Waals surface area contributed by atoms with E-state index in [4.69, 9.17) is 5.21 Å². The SMILES string of the molecule is CCCCCCCCCSc1ccc(N=CNO)cn1. The van der Waals surface area contributed by atoms with Crippen molar-refractivity contribution in [3.05, 3.63) is 18.3 Å². The van der Waals surface area contributed by atoms with Gasteiger partial charge >= 0.3 is 0 Å². The van der Waals surface area contributed by atoms with E-state index in [0.717, 1.165) is 16.5 Å². The summed E-state index contributed by atoms with van der Waals surface area (Å²) >= 11 is 1.79. The van der Waals surface area contributed by atoms with Crippen LogP contribution < -0.4 is 5.48 Å². The van der Waals surface area contributed by atoms with Crippen LogP contribution in [0.4, 0.5) is 5.69 Å². The van der Waals surface area contributed by atoms with Gasteiger partial charge in [-0.25, -0.2) is 9.98 Å². The average Bonchev–Trinajstić information content (AvgIpc) is 2.49. The highest BCUT2D eigenvalue weighted by Gasteiger charge is 1.97. The van der Waals surface area contributed by atoms with Gasteiger partial charge in [0, 0.05) is 0 Å². The third-order valence-corrected chi connectivity index (χ3v) is 4.02. The Labute approximate surface area is 126 Å². The normalized spacial score (nSPS) is 11.1. The number of hydroxylamine groups is 1. The van der Waals surface area contributed by atoms with Crippen molar-refractivity contribution in [3.8, 4) is 0 Å². The van der Waals surface area contributed by atoms with Crippen molar-refractivity contribution in [3.63, 3.8) is 0 Å². The molecule has 0 bridgehead atoms. The van der Waals surface area contributed by atoms with Gasteiger partial charge in [0.25, 0.3) is 0 Å². The largest absolute Gasteiger partial charge is 0.290 e. The number of hydrogen-bond donors (Lipinski definition) is 2. The van der Waals surface area contributed by atoms with Crippen LogP contribution in [-0.2, 0) is 0 Å². The number of pyridine rings is 1. The molecule has 0 amide bonds. The Morgan fingerprint density at radius 2 is 1.95 bits per heavy atom. The van der Waals surface area contributed by atoms with E-state index < -0.39 is 0 Å². The molecule has 1 aromatic rings. The van der Waals surface area contributed by atoms with Gasteiger partial charge in [-0.15, -0.1) is 11.8 Å². The van der Waals surface area contributed by atoms with E-state index >= 15 is 0 Å². The first-order valence-electron chi connectivity index (χ1n) is 7.38. The molecule has 0 saturated carbocycles. The molecule has 1 aromatic heterocycles. The molecule has 112 valence electrons. The van der Waals surface area contributed by atoms with Crippen LogP contribution in [0.2, 0.25) is 0 Å². The van der Waals surface area contributed by atoms with Crippen LogP contribution in [0.1, 0.15) is 51.9 Å². The zero-order chi connectivity index (χ0) is 14.5. The maximum atomic E-state index is 8.39. The van der Waals surface area contributed by atoms with Gasteiger partial charge in [-0.1, -0.05) is 45.4 Å². The van der Waals surface area contributed by atoms with Crippen LogP contribution in [-0.4, -0.2) is 22.3 Å². The molecule has 1 heterocycles. The third-order valence-electron chi connectivity index (χ3n) is 2.99. The second-order valence-electron chi connectivity index (χ2n) is 4.71. The summed E-state index contributed by atoms with van der Waals surface area (Å²) in [4.78, 5) is 8.28. The molecule has 1 rings (SSSR count). The highest BCUT2D eigenvalue weighted by molar-refractivity contribution is 7.99. The van der Waals surface area contributed by atoms with Crippen molar-refractivity contribution in [2.75, 3.05) is 5.75 Å². The number of unbranched alkanes of at least 4 members (excludes halogenated alkanes) is 6. The lowest BCUT2D eigenvalue weighted by Crippen LogP contribution is -2.00.